The lowest BCUT2D eigenvalue weighted by Crippen LogP contribution is -2.26. The maximum atomic E-state index is 9.16. The van der Waals surface area contributed by atoms with Gasteiger partial charge in [0.1, 0.15) is 6.07 Å². The van der Waals surface area contributed by atoms with Crippen molar-refractivity contribution in [3.05, 3.63) is 29.3 Å². The van der Waals surface area contributed by atoms with Crippen LogP contribution in [0.3, 0.4) is 0 Å². The van der Waals surface area contributed by atoms with Crippen molar-refractivity contribution >= 4 is 17.4 Å². The van der Waals surface area contributed by atoms with E-state index in [4.69, 9.17) is 5.26 Å². The van der Waals surface area contributed by atoms with Crippen molar-refractivity contribution in [3.63, 3.8) is 0 Å². The van der Waals surface area contributed by atoms with E-state index in [0.29, 0.717) is 11.3 Å². The average Bonchev–Trinajstić information content (AvgIpc) is 2.78. The highest BCUT2D eigenvalue weighted by atomic mass is 32.2. The number of nitriles is 1. The molecule has 0 amide bonds. The first-order valence-electron chi connectivity index (χ1n) is 6.63. The molecular formula is C15H20N2S. The van der Waals surface area contributed by atoms with Gasteiger partial charge in [-0.15, -0.1) is 0 Å². The molecule has 1 aromatic carbocycles. The molecule has 0 heterocycles. The van der Waals surface area contributed by atoms with Gasteiger partial charge >= 0.3 is 0 Å². The van der Waals surface area contributed by atoms with Gasteiger partial charge in [-0.25, -0.2) is 0 Å². The van der Waals surface area contributed by atoms with Crippen molar-refractivity contribution in [2.45, 2.75) is 44.4 Å². The summed E-state index contributed by atoms with van der Waals surface area (Å²) in [4.78, 5) is 0. The Hall–Kier alpha value is -1.14. The van der Waals surface area contributed by atoms with Gasteiger partial charge in [0.15, 0.2) is 0 Å². The first-order valence-corrected chi connectivity index (χ1v) is 7.68. The summed E-state index contributed by atoms with van der Waals surface area (Å²) >= 11 is 2.04. The quantitative estimate of drug-likeness (QED) is 0.890. The van der Waals surface area contributed by atoms with Gasteiger partial charge in [0, 0.05) is 11.3 Å². The topological polar surface area (TPSA) is 35.8 Å². The zero-order valence-electron chi connectivity index (χ0n) is 11.1. The monoisotopic (exact) mass is 260 g/mol. The Balaban J connectivity index is 2.13. The molecule has 1 aliphatic carbocycles. The Morgan fingerprint density at radius 1 is 1.44 bits per heavy atom. The van der Waals surface area contributed by atoms with Crippen LogP contribution in [0.25, 0.3) is 0 Å². The van der Waals surface area contributed by atoms with Crippen LogP contribution in [0.15, 0.2) is 18.2 Å². The molecule has 2 nitrogen and oxygen atoms in total. The fraction of sp³-hybridized carbons (Fsp3) is 0.533. The van der Waals surface area contributed by atoms with Crippen LogP contribution in [-0.2, 0) is 0 Å². The van der Waals surface area contributed by atoms with E-state index in [-0.39, 0.29) is 0 Å². The lowest BCUT2D eigenvalue weighted by atomic mass is 10.1. The molecule has 2 unspecified atom stereocenters. The summed E-state index contributed by atoms with van der Waals surface area (Å²) in [5.74, 6) is 1.17. The zero-order chi connectivity index (χ0) is 13.0. The molecule has 1 saturated carbocycles. The molecule has 1 fully saturated rings. The maximum Gasteiger partial charge on any atom is 0.101 e. The standard InChI is InChI=1S/C15H20N2S/c1-3-18-15-6-4-5-13(15)17-14-9-11(2)7-8-12(14)10-16/h7-9,13,15,17H,3-6H2,1-2H3. The molecule has 0 spiro atoms. The van der Waals surface area contributed by atoms with Gasteiger partial charge in [0.2, 0.25) is 0 Å². The second kappa shape index (κ2) is 6.15. The predicted molar refractivity (Wildman–Crippen MR) is 79.1 cm³/mol. The number of hydrogen-bond donors (Lipinski definition) is 1. The van der Waals surface area contributed by atoms with Crippen molar-refractivity contribution < 1.29 is 0 Å². The summed E-state index contributed by atoms with van der Waals surface area (Å²) in [6, 6.07) is 8.79. The number of nitrogens with zero attached hydrogens (tertiary/aromatic N) is 1. The molecule has 1 aromatic rings. The third kappa shape index (κ3) is 3.00. The zero-order valence-corrected chi connectivity index (χ0v) is 11.9. The SMILES string of the molecule is CCSC1CCCC1Nc1cc(C)ccc1C#N. The van der Waals surface area contributed by atoms with E-state index in [1.165, 1.54) is 30.6 Å². The maximum absolute atomic E-state index is 9.16. The second-order valence-corrected chi connectivity index (χ2v) is 6.35. The van der Waals surface area contributed by atoms with E-state index in [2.05, 4.69) is 31.3 Å². The lowest BCUT2D eigenvalue weighted by Gasteiger charge is -2.22. The normalized spacial score (nSPS) is 22.7. The van der Waals surface area contributed by atoms with Crippen LogP contribution in [0.2, 0.25) is 0 Å². The van der Waals surface area contributed by atoms with Crippen molar-refractivity contribution in [1.82, 2.24) is 0 Å². The van der Waals surface area contributed by atoms with Crippen LogP contribution in [0.1, 0.15) is 37.3 Å². The van der Waals surface area contributed by atoms with E-state index in [1.54, 1.807) is 0 Å². The molecule has 3 heteroatoms. The second-order valence-electron chi connectivity index (χ2n) is 4.84. The molecule has 18 heavy (non-hydrogen) atoms. The molecule has 0 bridgehead atoms. The summed E-state index contributed by atoms with van der Waals surface area (Å²) in [6.45, 7) is 4.28. The van der Waals surface area contributed by atoms with Crippen LogP contribution in [-0.4, -0.2) is 17.0 Å². The molecule has 2 rings (SSSR count). The molecule has 1 aliphatic rings. The number of thioether (sulfide) groups is 1. The van der Waals surface area contributed by atoms with Gasteiger partial charge in [-0.1, -0.05) is 19.4 Å². The van der Waals surface area contributed by atoms with E-state index in [1.807, 2.05) is 23.9 Å². The minimum atomic E-state index is 0.517. The number of hydrogen-bond acceptors (Lipinski definition) is 3. The van der Waals surface area contributed by atoms with E-state index in [9.17, 15) is 0 Å². The minimum Gasteiger partial charge on any atom is -0.380 e. The lowest BCUT2D eigenvalue weighted by molar-refractivity contribution is 0.767. The van der Waals surface area contributed by atoms with Crippen molar-refractivity contribution in [3.8, 4) is 6.07 Å². The smallest absolute Gasteiger partial charge is 0.101 e. The molecule has 0 aromatic heterocycles. The van der Waals surface area contributed by atoms with Gasteiger partial charge in [-0.2, -0.15) is 17.0 Å². The summed E-state index contributed by atoms with van der Waals surface area (Å²) < 4.78 is 0. The van der Waals surface area contributed by atoms with E-state index >= 15 is 0 Å². The van der Waals surface area contributed by atoms with Crippen LogP contribution in [0.5, 0.6) is 0 Å². The number of nitrogens with one attached hydrogen (secondary N) is 1. The number of benzene rings is 1. The number of anilines is 1. The summed E-state index contributed by atoms with van der Waals surface area (Å²) in [6.07, 6.45) is 3.81. The molecule has 0 radical (unpaired) electrons. The highest BCUT2D eigenvalue weighted by Crippen LogP contribution is 2.32. The van der Waals surface area contributed by atoms with Crippen molar-refractivity contribution in [1.29, 1.82) is 5.26 Å². The van der Waals surface area contributed by atoms with Gasteiger partial charge in [-0.05, 0) is 43.2 Å². The minimum absolute atomic E-state index is 0.517. The Morgan fingerprint density at radius 3 is 3.00 bits per heavy atom. The summed E-state index contributed by atoms with van der Waals surface area (Å²) in [7, 11) is 0. The van der Waals surface area contributed by atoms with Crippen LogP contribution < -0.4 is 5.32 Å². The van der Waals surface area contributed by atoms with Crippen LogP contribution in [0.4, 0.5) is 5.69 Å². The van der Waals surface area contributed by atoms with Crippen LogP contribution >= 0.6 is 11.8 Å². The van der Waals surface area contributed by atoms with Crippen LogP contribution in [0, 0.1) is 18.3 Å². The predicted octanol–water partition coefficient (Wildman–Crippen LogP) is 3.95. The van der Waals surface area contributed by atoms with E-state index in [0.717, 1.165) is 11.3 Å². The van der Waals surface area contributed by atoms with Crippen molar-refractivity contribution in [2.75, 3.05) is 11.1 Å². The van der Waals surface area contributed by atoms with E-state index < -0.39 is 0 Å². The van der Waals surface area contributed by atoms with Gasteiger partial charge in [-0.3, -0.25) is 0 Å². The Kier molecular flexibility index (Phi) is 4.54. The fourth-order valence-corrected chi connectivity index (χ4v) is 3.78. The molecule has 0 aliphatic heterocycles. The summed E-state index contributed by atoms with van der Waals surface area (Å²) in [5.41, 5.74) is 2.97. The molecule has 96 valence electrons. The largest absolute Gasteiger partial charge is 0.380 e. The Morgan fingerprint density at radius 2 is 2.28 bits per heavy atom. The summed E-state index contributed by atoms with van der Waals surface area (Å²) in [5, 5.41) is 13.4. The third-order valence-corrected chi connectivity index (χ3v) is 4.80. The number of aryl methyl sites for hydroxylation is 1. The molecule has 0 saturated heterocycles. The van der Waals surface area contributed by atoms with Gasteiger partial charge in [0.05, 0.1) is 11.3 Å². The first kappa shape index (κ1) is 13.3. The number of rotatable bonds is 4. The average molecular weight is 260 g/mol. The molecule has 1 N–H and O–H groups in total. The molecule has 2 atom stereocenters. The Labute approximate surface area is 114 Å². The Bertz CT molecular complexity index is 450. The fourth-order valence-electron chi connectivity index (χ4n) is 2.58. The third-order valence-electron chi connectivity index (χ3n) is 3.47. The van der Waals surface area contributed by atoms with Crippen molar-refractivity contribution in [2.24, 2.45) is 0 Å². The first-order chi connectivity index (χ1) is 8.74. The molecular weight excluding hydrogens is 240 g/mol. The highest BCUT2D eigenvalue weighted by molar-refractivity contribution is 7.99. The van der Waals surface area contributed by atoms with Gasteiger partial charge < -0.3 is 5.32 Å². The highest BCUT2D eigenvalue weighted by Gasteiger charge is 2.27. The van der Waals surface area contributed by atoms with Gasteiger partial charge in [0.25, 0.3) is 0 Å².